The van der Waals surface area contributed by atoms with Gasteiger partial charge in [0.15, 0.2) is 0 Å². The van der Waals surface area contributed by atoms with Crippen molar-refractivity contribution in [2.45, 2.75) is 0 Å². The summed E-state index contributed by atoms with van der Waals surface area (Å²) in [6.07, 6.45) is 0. The van der Waals surface area contributed by atoms with Crippen LogP contribution in [0.4, 0.5) is 14.9 Å². The molecule has 3 rings (SSSR count). The van der Waals surface area contributed by atoms with E-state index in [1.54, 1.807) is 29.2 Å². The summed E-state index contributed by atoms with van der Waals surface area (Å²) in [5.74, 6) is -1.12. The predicted molar refractivity (Wildman–Crippen MR) is 99.4 cm³/mol. The van der Waals surface area contributed by atoms with Gasteiger partial charge >= 0.3 is 6.03 Å². The van der Waals surface area contributed by atoms with E-state index in [4.69, 9.17) is 23.2 Å². The summed E-state index contributed by atoms with van der Waals surface area (Å²) in [6.45, 7) is 1.27. The van der Waals surface area contributed by atoms with Gasteiger partial charge in [-0.25, -0.2) is 9.18 Å². The average molecular weight is 396 g/mol. The van der Waals surface area contributed by atoms with Crippen LogP contribution in [0, 0.1) is 5.82 Å². The van der Waals surface area contributed by atoms with Crippen molar-refractivity contribution in [1.29, 1.82) is 0 Å². The molecule has 0 aromatic heterocycles. The Balaban J connectivity index is 1.60. The normalized spacial score (nSPS) is 14.3. The molecule has 2 aromatic rings. The molecule has 0 radical (unpaired) electrons. The van der Waals surface area contributed by atoms with Crippen molar-refractivity contribution in [3.63, 3.8) is 0 Å². The average Bonchev–Trinajstić information content (AvgIpc) is 2.61. The fourth-order valence-corrected chi connectivity index (χ4v) is 3.18. The second-order valence-electron chi connectivity index (χ2n) is 5.82. The van der Waals surface area contributed by atoms with Gasteiger partial charge in [-0.1, -0.05) is 35.3 Å². The van der Waals surface area contributed by atoms with Gasteiger partial charge in [0.25, 0.3) is 5.91 Å². The molecule has 3 amide bonds. The number of carbonyl (C=O) groups is 2. The summed E-state index contributed by atoms with van der Waals surface area (Å²) >= 11 is 11.9. The van der Waals surface area contributed by atoms with Gasteiger partial charge in [0, 0.05) is 36.9 Å². The van der Waals surface area contributed by atoms with Gasteiger partial charge < -0.3 is 15.1 Å². The number of rotatable bonds is 2. The molecule has 2 aromatic carbocycles. The topological polar surface area (TPSA) is 52.7 Å². The first-order valence-electron chi connectivity index (χ1n) is 8.00. The van der Waals surface area contributed by atoms with Crippen LogP contribution in [0.3, 0.4) is 0 Å². The van der Waals surface area contributed by atoms with Crippen LogP contribution in [0.1, 0.15) is 10.4 Å². The molecule has 1 fully saturated rings. The van der Waals surface area contributed by atoms with E-state index in [9.17, 15) is 14.0 Å². The van der Waals surface area contributed by atoms with Crippen LogP contribution in [0.2, 0.25) is 10.0 Å². The fraction of sp³-hybridized carbons (Fsp3) is 0.222. The lowest BCUT2D eigenvalue weighted by Gasteiger charge is -2.35. The van der Waals surface area contributed by atoms with Crippen molar-refractivity contribution in [1.82, 2.24) is 9.80 Å². The molecular weight excluding hydrogens is 380 g/mol. The highest BCUT2D eigenvalue weighted by Crippen LogP contribution is 2.22. The van der Waals surface area contributed by atoms with E-state index in [2.05, 4.69) is 5.32 Å². The second-order valence-corrected chi connectivity index (χ2v) is 6.66. The molecule has 136 valence electrons. The fourth-order valence-electron chi connectivity index (χ4n) is 2.74. The first-order chi connectivity index (χ1) is 12.5. The standard InChI is InChI=1S/C18H16Cl2FN3O2/c19-12-3-1-4-13(11-12)22-18(26)24-9-7-23(8-10-24)17(25)16-14(20)5-2-6-15(16)21/h1-6,11H,7-10H2,(H,22,26). The van der Waals surface area contributed by atoms with E-state index in [1.165, 1.54) is 23.1 Å². The zero-order chi connectivity index (χ0) is 18.7. The highest BCUT2D eigenvalue weighted by molar-refractivity contribution is 6.33. The minimum absolute atomic E-state index is 0.0797. The van der Waals surface area contributed by atoms with Gasteiger partial charge in [-0.3, -0.25) is 4.79 Å². The summed E-state index contributed by atoms with van der Waals surface area (Å²) in [6, 6.07) is 10.7. The number of anilines is 1. The molecule has 0 aliphatic carbocycles. The van der Waals surface area contributed by atoms with Gasteiger partial charge in [0.05, 0.1) is 10.6 Å². The van der Waals surface area contributed by atoms with Gasteiger partial charge in [-0.15, -0.1) is 0 Å². The van der Waals surface area contributed by atoms with E-state index < -0.39 is 11.7 Å². The van der Waals surface area contributed by atoms with Crippen LogP contribution in [-0.4, -0.2) is 47.9 Å². The molecule has 1 heterocycles. The molecule has 0 atom stereocenters. The number of hydrogen-bond acceptors (Lipinski definition) is 2. The molecule has 0 saturated carbocycles. The number of urea groups is 1. The molecule has 0 bridgehead atoms. The molecule has 1 aliphatic rings. The molecule has 1 aliphatic heterocycles. The maximum atomic E-state index is 13.9. The SMILES string of the molecule is O=C(Nc1cccc(Cl)c1)N1CCN(C(=O)c2c(F)cccc2Cl)CC1. The molecule has 8 heteroatoms. The van der Waals surface area contributed by atoms with Crippen molar-refractivity contribution >= 4 is 40.8 Å². The van der Waals surface area contributed by atoms with Gasteiger partial charge in [-0.05, 0) is 30.3 Å². The van der Waals surface area contributed by atoms with Gasteiger partial charge in [0.1, 0.15) is 5.82 Å². The molecule has 1 saturated heterocycles. The third-order valence-electron chi connectivity index (χ3n) is 4.11. The lowest BCUT2D eigenvalue weighted by atomic mass is 10.1. The minimum atomic E-state index is -0.649. The Hall–Kier alpha value is -2.31. The van der Waals surface area contributed by atoms with Crippen LogP contribution >= 0.6 is 23.2 Å². The quantitative estimate of drug-likeness (QED) is 0.830. The van der Waals surface area contributed by atoms with Crippen molar-refractivity contribution in [2.75, 3.05) is 31.5 Å². The summed E-state index contributed by atoms with van der Waals surface area (Å²) in [4.78, 5) is 27.9. The Morgan fingerprint density at radius 2 is 1.62 bits per heavy atom. The summed E-state index contributed by atoms with van der Waals surface area (Å²) < 4.78 is 13.9. The Morgan fingerprint density at radius 1 is 0.962 bits per heavy atom. The number of nitrogens with zero attached hydrogens (tertiary/aromatic N) is 2. The maximum absolute atomic E-state index is 13.9. The lowest BCUT2D eigenvalue weighted by Crippen LogP contribution is -2.51. The number of halogens is 3. The number of benzene rings is 2. The van der Waals surface area contributed by atoms with Crippen LogP contribution in [0.15, 0.2) is 42.5 Å². The molecule has 5 nitrogen and oxygen atoms in total. The van der Waals surface area contributed by atoms with Gasteiger partial charge in [-0.2, -0.15) is 0 Å². The molecule has 1 N–H and O–H groups in total. The molecule has 26 heavy (non-hydrogen) atoms. The number of carbonyl (C=O) groups excluding carboxylic acids is 2. The lowest BCUT2D eigenvalue weighted by molar-refractivity contribution is 0.0667. The summed E-state index contributed by atoms with van der Waals surface area (Å²) in [7, 11) is 0. The van der Waals surface area contributed by atoms with E-state index in [0.717, 1.165) is 0 Å². The smallest absolute Gasteiger partial charge is 0.321 e. The molecule has 0 unspecified atom stereocenters. The van der Waals surface area contributed by atoms with E-state index in [1.807, 2.05) is 0 Å². The van der Waals surface area contributed by atoms with Crippen molar-refractivity contribution in [3.05, 3.63) is 63.9 Å². The zero-order valence-corrected chi connectivity index (χ0v) is 15.2. The highest BCUT2D eigenvalue weighted by Gasteiger charge is 2.27. The second kappa shape index (κ2) is 7.93. The highest BCUT2D eigenvalue weighted by atomic mass is 35.5. The Labute approximate surface area is 160 Å². The van der Waals surface area contributed by atoms with Crippen LogP contribution in [-0.2, 0) is 0 Å². The van der Waals surface area contributed by atoms with Crippen LogP contribution < -0.4 is 5.32 Å². The van der Waals surface area contributed by atoms with E-state index in [-0.39, 0.29) is 16.6 Å². The third kappa shape index (κ3) is 4.08. The van der Waals surface area contributed by atoms with E-state index >= 15 is 0 Å². The van der Waals surface area contributed by atoms with Crippen molar-refractivity contribution < 1.29 is 14.0 Å². The maximum Gasteiger partial charge on any atom is 0.321 e. The van der Waals surface area contributed by atoms with Crippen molar-refractivity contribution in [2.24, 2.45) is 0 Å². The monoisotopic (exact) mass is 395 g/mol. The number of piperazine rings is 1. The molecular formula is C18H16Cl2FN3O2. The van der Waals surface area contributed by atoms with E-state index in [0.29, 0.717) is 36.9 Å². The number of nitrogens with one attached hydrogen (secondary N) is 1. The predicted octanol–water partition coefficient (Wildman–Crippen LogP) is 4.12. The number of amides is 3. The minimum Gasteiger partial charge on any atom is -0.335 e. The van der Waals surface area contributed by atoms with Crippen molar-refractivity contribution in [3.8, 4) is 0 Å². The van der Waals surface area contributed by atoms with Crippen LogP contribution in [0.5, 0.6) is 0 Å². The summed E-state index contributed by atoms with van der Waals surface area (Å²) in [5, 5.41) is 3.37. The van der Waals surface area contributed by atoms with Gasteiger partial charge in [0.2, 0.25) is 0 Å². The Kier molecular flexibility index (Phi) is 5.64. The largest absolute Gasteiger partial charge is 0.335 e. The Morgan fingerprint density at radius 3 is 2.27 bits per heavy atom. The molecule has 0 spiro atoms. The first kappa shape index (κ1) is 18.5. The first-order valence-corrected chi connectivity index (χ1v) is 8.76. The summed E-state index contributed by atoms with van der Waals surface area (Å²) in [5.41, 5.74) is 0.463. The van der Waals surface area contributed by atoms with Crippen LogP contribution in [0.25, 0.3) is 0 Å². The third-order valence-corrected chi connectivity index (χ3v) is 4.66. The number of hydrogen-bond donors (Lipinski definition) is 1. The zero-order valence-electron chi connectivity index (χ0n) is 13.7. The Bertz CT molecular complexity index is 819.